The Morgan fingerprint density at radius 3 is 2.80 bits per heavy atom. The second-order valence-corrected chi connectivity index (χ2v) is 7.14. The fourth-order valence-electron chi connectivity index (χ4n) is 3.75. The zero-order valence-corrected chi connectivity index (χ0v) is 15.7. The molecule has 0 amide bonds. The average molecular weight is 414 g/mol. The van der Waals surface area contributed by atoms with Gasteiger partial charge in [-0.2, -0.15) is 18.3 Å². The highest BCUT2D eigenvalue weighted by Crippen LogP contribution is 2.31. The number of imidazole rings is 1. The van der Waals surface area contributed by atoms with Crippen LogP contribution in [0.2, 0.25) is 0 Å². The SMILES string of the molecule is FC(F)(F)c1ccc2ncc(-c3nccc(N4CCCC(n5cncn5)C4)n3)n2c1. The first kappa shape index (κ1) is 18.5. The molecule has 0 aliphatic carbocycles. The minimum absolute atomic E-state index is 0.185. The lowest BCUT2D eigenvalue weighted by molar-refractivity contribution is -0.137. The molecule has 1 aliphatic heterocycles. The van der Waals surface area contributed by atoms with Crippen molar-refractivity contribution >= 4 is 11.5 Å². The Bertz CT molecular complexity index is 1170. The maximum Gasteiger partial charge on any atom is 0.417 e. The van der Waals surface area contributed by atoms with Gasteiger partial charge in [0.25, 0.3) is 0 Å². The van der Waals surface area contributed by atoms with Crippen molar-refractivity contribution in [2.75, 3.05) is 18.0 Å². The van der Waals surface area contributed by atoms with Gasteiger partial charge in [0, 0.05) is 25.5 Å². The molecule has 1 atom stereocenters. The zero-order valence-electron chi connectivity index (χ0n) is 15.7. The summed E-state index contributed by atoms with van der Waals surface area (Å²) in [6.07, 6.45) is 4.86. The topological polar surface area (TPSA) is 77.0 Å². The lowest BCUT2D eigenvalue weighted by Gasteiger charge is -2.33. The number of halogens is 3. The lowest BCUT2D eigenvalue weighted by Crippen LogP contribution is -2.37. The molecule has 0 bridgehead atoms. The summed E-state index contributed by atoms with van der Waals surface area (Å²) in [6, 6.07) is 4.34. The molecule has 1 unspecified atom stereocenters. The number of hydrogen-bond donors (Lipinski definition) is 0. The van der Waals surface area contributed by atoms with Crippen molar-refractivity contribution in [1.29, 1.82) is 0 Å². The van der Waals surface area contributed by atoms with Crippen LogP contribution in [0.15, 0.2) is 49.4 Å². The summed E-state index contributed by atoms with van der Waals surface area (Å²) in [5.74, 6) is 1.04. The highest BCUT2D eigenvalue weighted by molar-refractivity contribution is 5.59. The van der Waals surface area contributed by atoms with Crippen LogP contribution in [-0.4, -0.2) is 47.2 Å². The molecule has 0 spiro atoms. The molecule has 5 rings (SSSR count). The van der Waals surface area contributed by atoms with Gasteiger partial charge in [-0.25, -0.2) is 24.6 Å². The molecule has 0 radical (unpaired) electrons. The smallest absolute Gasteiger partial charge is 0.354 e. The summed E-state index contributed by atoms with van der Waals surface area (Å²) in [4.78, 5) is 19.2. The number of nitrogens with zero attached hydrogens (tertiary/aromatic N) is 8. The Morgan fingerprint density at radius 1 is 1.10 bits per heavy atom. The normalized spacial score (nSPS) is 17.6. The van der Waals surface area contributed by atoms with Crippen LogP contribution < -0.4 is 4.90 Å². The van der Waals surface area contributed by atoms with Gasteiger partial charge in [0.2, 0.25) is 0 Å². The quantitative estimate of drug-likeness (QED) is 0.512. The molecule has 30 heavy (non-hydrogen) atoms. The van der Waals surface area contributed by atoms with E-state index in [9.17, 15) is 13.2 Å². The van der Waals surface area contributed by atoms with Crippen LogP contribution in [0.3, 0.4) is 0 Å². The van der Waals surface area contributed by atoms with E-state index >= 15 is 0 Å². The summed E-state index contributed by atoms with van der Waals surface area (Å²) < 4.78 is 42.6. The van der Waals surface area contributed by atoms with Gasteiger partial charge in [0.05, 0.1) is 17.8 Å². The molecular weight excluding hydrogens is 397 g/mol. The van der Waals surface area contributed by atoms with Crippen molar-refractivity contribution in [2.24, 2.45) is 0 Å². The first-order valence-corrected chi connectivity index (χ1v) is 9.46. The first-order valence-electron chi connectivity index (χ1n) is 9.46. The van der Waals surface area contributed by atoms with Gasteiger partial charge in [0.15, 0.2) is 5.82 Å². The number of aromatic nitrogens is 7. The van der Waals surface area contributed by atoms with Gasteiger partial charge < -0.3 is 4.90 Å². The largest absolute Gasteiger partial charge is 0.417 e. The standard InChI is InChI=1S/C19H17F3N8/c20-19(21,22)13-3-4-16-25-8-15(29(16)9-13)18-24-6-5-17(27-18)28-7-1-2-14(10-28)30-12-23-11-26-30/h3-6,8-9,11-12,14H,1-2,7,10H2. The first-order chi connectivity index (χ1) is 14.5. The van der Waals surface area contributed by atoms with Crippen molar-refractivity contribution in [3.05, 3.63) is 55.0 Å². The molecule has 0 N–H and O–H groups in total. The maximum absolute atomic E-state index is 13.1. The molecule has 1 saturated heterocycles. The predicted octanol–water partition coefficient (Wildman–Crippen LogP) is 3.24. The number of hydrogen-bond acceptors (Lipinski definition) is 6. The van der Waals surface area contributed by atoms with Crippen LogP contribution in [0.4, 0.5) is 19.0 Å². The van der Waals surface area contributed by atoms with Gasteiger partial charge in [-0.1, -0.05) is 0 Å². The molecule has 0 aromatic carbocycles. The molecule has 11 heteroatoms. The highest BCUT2D eigenvalue weighted by atomic mass is 19.4. The highest BCUT2D eigenvalue weighted by Gasteiger charge is 2.31. The number of rotatable bonds is 3. The van der Waals surface area contributed by atoms with Crippen LogP contribution in [-0.2, 0) is 6.18 Å². The van der Waals surface area contributed by atoms with Crippen LogP contribution >= 0.6 is 0 Å². The second-order valence-electron chi connectivity index (χ2n) is 7.14. The molecule has 1 aliphatic rings. The van der Waals surface area contributed by atoms with Crippen LogP contribution in [0, 0.1) is 0 Å². The number of fused-ring (bicyclic) bond motifs is 1. The Kier molecular flexibility index (Phi) is 4.37. The summed E-state index contributed by atoms with van der Waals surface area (Å²) >= 11 is 0. The van der Waals surface area contributed by atoms with Crippen molar-refractivity contribution in [3.8, 4) is 11.5 Å². The average Bonchev–Trinajstić information content (AvgIpc) is 3.43. The van der Waals surface area contributed by atoms with E-state index in [1.807, 2.05) is 4.68 Å². The van der Waals surface area contributed by atoms with Gasteiger partial charge >= 0.3 is 6.18 Å². The molecule has 5 heterocycles. The fourth-order valence-corrected chi connectivity index (χ4v) is 3.75. The molecule has 154 valence electrons. The Morgan fingerprint density at radius 2 is 2.00 bits per heavy atom. The van der Waals surface area contributed by atoms with E-state index in [1.165, 1.54) is 23.0 Å². The monoisotopic (exact) mass is 414 g/mol. The van der Waals surface area contributed by atoms with Crippen LogP contribution in [0.1, 0.15) is 24.4 Å². The van der Waals surface area contributed by atoms with E-state index in [0.717, 1.165) is 31.6 Å². The number of piperidine rings is 1. The van der Waals surface area contributed by atoms with Gasteiger partial charge in [0.1, 0.15) is 29.8 Å². The molecule has 1 fully saturated rings. The van der Waals surface area contributed by atoms with Gasteiger partial charge in [-0.3, -0.25) is 4.40 Å². The van der Waals surface area contributed by atoms with E-state index in [0.29, 0.717) is 29.5 Å². The molecular formula is C19H17F3N8. The fraction of sp³-hybridized carbons (Fsp3) is 0.316. The van der Waals surface area contributed by atoms with E-state index in [2.05, 4.69) is 29.9 Å². The number of alkyl halides is 3. The van der Waals surface area contributed by atoms with E-state index < -0.39 is 11.7 Å². The summed E-state index contributed by atoms with van der Waals surface area (Å²) in [5.41, 5.74) is 0.0520. The zero-order chi connectivity index (χ0) is 20.7. The third-order valence-electron chi connectivity index (χ3n) is 5.23. The van der Waals surface area contributed by atoms with Crippen molar-refractivity contribution in [1.82, 2.24) is 34.1 Å². The van der Waals surface area contributed by atoms with E-state index in [4.69, 9.17) is 0 Å². The maximum atomic E-state index is 13.1. The second kappa shape index (κ2) is 7.08. The summed E-state index contributed by atoms with van der Waals surface area (Å²) in [6.45, 7) is 1.54. The third-order valence-corrected chi connectivity index (χ3v) is 5.23. The summed E-state index contributed by atoms with van der Waals surface area (Å²) in [5, 5.41) is 4.23. The van der Waals surface area contributed by atoms with E-state index in [1.54, 1.807) is 18.6 Å². The van der Waals surface area contributed by atoms with Gasteiger partial charge in [-0.15, -0.1) is 0 Å². The molecule has 4 aromatic heterocycles. The van der Waals surface area contributed by atoms with Crippen molar-refractivity contribution < 1.29 is 13.2 Å². The van der Waals surface area contributed by atoms with Crippen LogP contribution in [0.5, 0.6) is 0 Å². The number of pyridine rings is 1. The van der Waals surface area contributed by atoms with Gasteiger partial charge in [-0.05, 0) is 31.0 Å². The Hall–Kier alpha value is -3.50. The third kappa shape index (κ3) is 3.36. The molecule has 8 nitrogen and oxygen atoms in total. The van der Waals surface area contributed by atoms with E-state index in [-0.39, 0.29) is 6.04 Å². The lowest BCUT2D eigenvalue weighted by atomic mass is 10.1. The van der Waals surface area contributed by atoms with Crippen molar-refractivity contribution in [3.63, 3.8) is 0 Å². The Balaban J connectivity index is 1.48. The minimum atomic E-state index is -4.44. The molecule has 0 saturated carbocycles. The molecule has 4 aromatic rings. The predicted molar refractivity (Wildman–Crippen MR) is 102 cm³/mol. The number of anilines is 1. The van der Waals surface area contributed by atoms with Crippen LogP contribution in [0.25, 0.3) is 17.2 Å². The minimum Gasteiger partial charge on any atom is -0.354 e. The summed E-state index contributed by atoms with van der Waals surface area (Å²) in [7, 11) is 0. The Labute approximate surface area is 169 Å². The van der Waals surface area contributed by atoms with Crippen molar-refractivity contribution in [2.45, 2.75) is 25.1 Å².